The summed E-state index contributed by atoms with van der Waals surface area (Å²) in [4.78, 5) is 13.1. The van der Waals surface area contributed by atoms with E-state index in [2.05, 4.69) is 0 Å². The number of anilines is 1. The zero-order valence-electron chi connectivity index (χ0n) is 12.0. The standard InChI is InChI=1S/C15H22FNO2/c1-10(2)8-17(9-11(3)4)14-12(15(18)19)6-5-7-13(14)16/h5-7,10-11H,8-9H2,1-4H3,(H,18,19). The molecule has 0 unspecified atom stereocenters. The molecular formula is C15H22FNO2. The van der Waals surface area contributed by atoms with Gasteiger partial charge in [-0.25, -0.2) is 9.18 Å². The molecule has 0 aliphatic carbocycles. The molecule has 0 fully saturated rings. The maximum absolute atomic E-state index is 14.1. The second kappa shape index (κ2) is 6.55. The van der Waals surface area contributed by atoms with Crippen LogP contribution in [-0.4, -0.2) is 24.2 Å². The Balaban J connectivity index is 3.23. The number of carboxylic acid groups (broad SMARTS) is 1. The van der Waals surface area contributed by atoms with Gasteiger partial charge in [0.2, 0.25) is 0 Å². The molecule has 1 aromatic carbocycles. The van der Waals surface area contributed by atoms with E-state index in [-0.39, 0.29) is 11.3 Å². The highest BCUT2D eigenvalue weighted by molar-refractivity contribution is 5.94. The van der Waals surface area contributed by atoms with Crippen LogP contribution in [0.5, 0.6) is 0 Å². The summed E-state index contributed by atoms with van der Waals surface area (Å²) in [6, 6.07) is 4.20. The summed E-state index contributed by atoms with van der Waals surface area (Å²) in [5.74, 6) is -0.895. The van der Waals surface area contributed by atoms with Crippen molar-refractivity contribution < 1.29 is 14.3 Å². The van der Waals surface area contributed by atoms with E-state index in [4.69, 9.17) is 0 Å². The van der Waals surface area contributed by atoms with Crippen LogP contribution in [0.15, 0.2) is 18.2 Å². The summed E-state index contributed by atoms with van der Waals surface area (Å²) in [7, 11) is 0. The highest BCUT2D eigenvalue weighted by Gasteiger charge is 2.21. The normalized spacial score (nSPS) is 11.1. The maximum Gasteiger partial charge on any atom is 0.337 e. The van der Waals surface area contributed by atoms with E-state index in [9.17, 15) is 14.3 Å². The van der Waals surface area contributed by atoms with Gasteiger partial charge in [-0.1, -0.05) is 33.8 Å². The fourth-order valence-corrected chi connectivity index (χ4v) is 2.15. The molecule has 0 saturated heterocycles. The van der Waals surface area contributed by atoms with Crippen molar-refractivity contribution >= 4 is 11.7 Å². The number of halogens is 1. The molecule has 106 valence electrons. The van der Waals surface area contributed by atoms with Crippen LogP contribution >= 0.6 is 0 Å². The molecule has 1 aromatic rings. The Bertz CT molecular complexity index is 434. The van der Waals surface area contributed by atoms with E-state index in [0.717, 1.165) is 0 Å². The molecule has 1 rings (SSSR count). The van der Waals surface area contributed by atoms with Gasteiger partial charge in [-0.2, -0.15) is 0 Å². The maximum atomic E-state index is 14.1. The number of rotatable bonds is 6. The second-order valence-electron chi connectivity index (χ2n) is 5.63. The fourth-order valence-electron chi connectivity index (χ4n) is 2.15. The van der Waals surface area contributed by atoms with Crippen molar-refractivity contribution in [2.24, 2.45) is 11.8 Å². The molecule has 19 heavy (non-hydrogen) atoms. The summed E-state index contributed by atoms with van der Waals surface area (Å²) in [6.45, 7) is 9.42. The average molecular weight is 267 g/mol. The third kappa shape index (κ3) is 4.23. The zero-order chi connectivity index (χ0) is 14.6. The van der Waals surface area contributed by atoms with E-state index >= 15 is 0 Å². The van der Waals surface area contributed by atoms with E-state index in [0.29, 0.717) is 24.9 Å². The van der Waals surface area contributed by atoms with Gasteiger partial charge in [-0.05, 0) is 24.0 Å². The number of hydrogen-bond acceptors (Lipinski definition) is 2. The van der Waals surface area contributed by atoms with Crippen LogP contribution in [0.25, 0.3) is 0 Å². The summed E-state index contributed by atoms with van der Waals surface area (Å²) in [5, 5.41) is 9.21. The molecule has 0 atom stereocenters. The first-order valence-electron chi connectivity index (χ1n) is 6.59. The number of carboxylic acids is 1. The van der Waals surface area contributed by atoms with Gasteiger partial charge in [-0.15, -0.1) is 0 Å². The number of aromatic carboxylic acids is 1. The third-order valence-electron chi connectivity index (χ3n) is 2.70. The van der Waals surface area contributed by atoms with Gasteiger partial charge in [0.05, 0.1) is 11.3 Å². The minimum atomic E-state index is -1.09. The SMILES string of the molecule is CC(C)CN(CC(C)C)c1c(F)cccc1C(=O)O. The molecule has 1 N–H and O–H groups in total. The van der Waals surface area contributed by atoms with E-state index in [1.807, 2.05) is 32.6 Å². The molecule has 0 bridgehead atoms. The van der Waals surface area contributed by atoms with Crippen LogP contribution < -0.4 is 4.90 Å². The van der Waals surface area contributed by atoms with Crippen molar-refractivity contribution in [1.29, 1.82) is 0 Å². The Morgan fingerprint density at radius 3 is 2.16 bits per heavy atom. The van der Waals surface area contributed by atoms with Crippen molar-refractivity contribution in [3.63, 3.8) is 0 Å². The average Bonchev–Trinajstić information content (AvgIpc) is 2.26. The molecule has 3 nitrogen and oxygen atoms in total. The molecule has 0 aliphatic heterocycles. The summed E-state index contributed by atoms with van der Waals surface area (Å²) >= 11 is 0. The minimum Gasteiger partial charge on any atom is -0.478 e. The lowest BCUT2D eigenvalue weighted by Crippen LogP contribution is -2.33. The van der Waals surface area contributed by atoms with E-state index in [1.54, 1.807) is 0 Å². The molecule has 0 saturated carbocycles. The molecular weight excluding hydrogens is 245 g/mol. The van der Waals surface area contributed by atoms with Crippen molar-refractivity contribution in [2.75, 3.05) is 18.0 Å². The molecule has 0 amide bonds. The molecule has 0 radical (unpaired) electrons. The van der Waals surface area contributed by atoms with Gasteiger partial charge in [0.15, 0.2) is 0 Å². The van der Waals surface area contributed by atoms with Crippen LogP contribution in [0.4, 0.5) is 10.1 Å². The lowest BCUT2D eigenvalue weighted by atomic mass is 10.1. The van der Waals surface area contributed by atoms with Crippen LogP contribution in [0, 0.1) is 17.7 Å². The minimum absolute atomic E-state index is 0.0290. The van der Waals surface area contributed by atoms with Crippen LogP contribution in [0.1, 0.15) is 38.1 Å². The number of para-hydroxylation sites is 1. The summed E-state index contributed by atoms with van der Waals surface area (Å²) in [5.41, 5.74) is 0.235. The third-order valence-corrected chi connectivity index (χ3v) is 2.70. The fraction of sp³-hybridized carbons (Fsp3) is 0.533. The second-order valence-corrected chi connectivity index (χ2v) is 5.63. The Hall–Kier alpha value is -1.58. The molecule has 0 heterocycles. The quantitative estimate of drug-likeness (QED) is 0.855. The largest absolute Gasteiger partial charge is 0.478 e. The van der Waals surface area contributed by atoms with E-state index < -0.39 is 11.8 Å². The van der Waals surface area contributed by atoms with Crippen LogP contribution in [0.2, 0.25) is 0 Å². The topological polar surface area (TPSA) is 40.5 Å². The summed E-state index contributed by atoms with van der Waals surface area (Å²) < 4.78 is 14.1. The number of nitrogens with zero attached hydrogens (tertiary/aromatic N) is 1. The Morgan fingerprint density at radius 1 is 1.21 bits per heavy atom. The lowest BCUT2D eigenvalue weighted by Gasteiger charge is -2.30. The Kier molecular flexibility index (Phi) is 5.33. The molecule has 4 heteroatoms. The first kappa shape index (κ1) is 15.5. The number of benzene rings is 1. The first-order valence-corrected chi connectivity index (χ1v) is 6.59. The zero-order valence-corrected chi connectivity index (χ0v) is 12.0. The van der Waals surface area contributed by atoms with Gasteiger partial charge < -0.3 is 10.0 Å². The number of hydrogen-bond donors (Lipinski definition) is 1. The molecule has 0 aliphatic rings. The Labute approximate surface area is 114 Å². The molecule has 0 spiro atoms. The van der Waals surface area contributed by atoms with Crippen LogP contribution in [0.3, 0.4) is 0 Å². The summed E-state index contributed by atoms with van der Waals surface area (Å²) in [6.07, 6.45) is 0. The highest BCUT2D eigenvalue weighted by Crippen LogP contribution is 2.26. The van der Waals surface area contributed by atoms with Gasteiger partial charge in [0.25, 0.3) is 0 Å². The Morgan fingerprint density at radius 2 is 1.74 bits per heavy atom. The number of carbonyl (C=O) groups is 1. The highest BCUT2D eigenvalue weighted by atomic mass is 19.1. The van der Waals surface area contributed by atoms with Gasteiger partial charge in [0, 0.05) is 13.1 Å². The van der Waals surface area contributed by atoms with Crippen molar-refractivity contribution in [1.82, 2.24) is 0 Å². The van der Waals surface area contributed by atoms with Gasteiger partial charge >= 0.3 is 5.97 Å². The van der Waals surface area contributed by atoms with Crippen molar-refractivity contribution in [3.05, 3.63) is 29.6 Å². The van der Waals surface area contributed by atoms with Gasteiger partial charge in [-0.3, -0.25) is 0 Å². The monoisotopic (exact) mass is 267 g/mol. The van der Waals surface area contributed by atoms with E-state index in [1.165, 1.54) is 18.2 Å². The predicted octanol–water partition coefficient (Wildman–Crippen LogP) is 3.64. The van der Waals surface area contributed by atoms with Gasteiger partial charge in [0.1, 0.15) is 5.82 Å². The van der Waals surface area contributed by atoms with Crippen LogP contribution in [-0.2, 0) is 0 Å². The predicted molar refractivity (Wildman–Crippen MR) is 75.2 cm³/mol. The van der Waals surface area contributed by atoms with Crippen molar-refractivity contribution in [3.8, 4) is 0 Å². The smallest absolute Gasteiger partial charge is 0.337 e. The lowest BCUT2D eigenvalue weighted by molar-refractivity contribution is 0.0697. The molecule has 0 aromatic heterocycles. The van der Waals surface area contributed by atoms with Crippen molar-refractivity contribution in [2.45, 2.75) is 27.7 Å². The first-order chi connectivity index (χ1) is 8.82.